The van der Waals surface area contributed by atoms with Crippen molar-refractivity contribution < 1.29 is 9.13 Å². The molecule has 0 aliphatic rings. The van der Waals surface area contributed by atoms with E-state index in [0.717, 1.165) is 10.6 Å². The molecule has 0 radical (unpaired) electrons. The van der Waals surface area contributed by atoms with Crippen LogP contribution >= 0.6 is 11.3 Å². The fraction of sp³-hybridized carbons (Fsp3) is 0.231. The predicted octanol–water partition coefficient (Wildman–Crippen LogP) is 3.08. The van der Waals surface area contributed by atoms with Crippen LogP contribution in [0.5, 0.6) is 5.75 Å². The largest absolute Gasteiger partial charge is 0.492 e. The predicted molar refractivity (Wildman–Crippen MR) is 67.2 cm³/mol. The molecule has 0 aliphatic carbocycles. The van der Waals surface area contributed by atoms with Crippen LogP contribution in [0.1, 0.15) is 16.1 Å². The Morgan fingerprint density at radius 1 is 1.50 bits per heavy atom. The van der Waals surface area contributed by atoms with E-state index in [-0.39, 0.29) is 5.56 Å². The highest BCUT2D eigenvalue weighted by atomic mass is 32.1. The molecule has 0 saturated heterocycles. The van der Waals surface area contributed by atoms with Gasteiger partial charge in [-0.05, 0) is 19.1 Å². The highest BCUT2D eigenvalue weighted by Gasteiger charge is 2.09. The first-order valence-electron chi connectivity index (χ1n) is 5.42. The van der Waals surface area contributed by atoms with E-state index in [2.05, 4.69) is 4.98 Å². The van der Waals surface area contributed by atoms with Crippen LogP contribution in [-0.2, 0) is 6.42 Å². The first kappa shape index (κ1) is 12.5. The average molecular weight is 262 g/mol. The summed E-state index contributed by atoms with van der Waals surface area (Å²) in [7, 11) is 0. The van der Waals surface area contributed by atoms with Crippen molar-refractivity contribution >= 4 is 11.3 Å². The number of hydrogen-bond acceptors (Lipinski definition) is 4. The van der Waals surface area contributed by atoms with Gasteiger partial charge in [-0.15, -0.1) is 11.3 Å². The van der Waals surface area contributed by atoms with Crippen molar-refractivity contribution in [2.75, 3.05) is 6.61 Å². The highest BCUT2D eigenvalue weighted by molar-refractivity contribution is 7.09. The van der Waals surface area contributed by atoms with Crippen LogP contribution in [0.4, 0.5) is 4.39 Å². The van der Waals surface area contributed by atoms with Crippen LogP contribution in [0.25, 0.3) is 0 Å². The molecule has 0 N–H and O–H groups in total. The van der Waals surface area contributed by atoms with Gasteiger partial charge in [0.25, 0.3) is 0 Å². The molecule has 0 bridgehead atoms. The molecule has 2 rings (SSSR count). The summed E-state index contributed by atoms with van der Waals surface area (Å²) in [5.41, 5.74) is 2.73. The number of ether oxygens (including phenoxy) is 1. The minimum atomic E-state index is -0.552. The number of rotatable bonds is 4. The zero-order valence-electron chi connectivity index (χ0n) is 9.81. The summed E-state index contributed by atoms with van der Waals surface area (Å²) in [6.45, 7) is 2.34. The van der Waals surface area contributed by atoms with Crippen molar-refractivity contribution in [2.24, 2.45) is 0 Å². The van der Waals surface area contributed by atoms with Gasteiger partial charge in [0, 0.05) is 11.3 Å². The van der Waals surface area contributed by atoms with E-state index in [1.165, 1.54) is 12.1 Å². The Labute approximate surface area is 108 Å². The van der Waals surface area contributed by atoms with Crippen LogP contribution < -0.4 is 4.74 Å². The molecule has 0 spiro atoms. The molecule has 0 saturated carbocycles. The van der Waals surface area contributed by atoms with Crippen molar-refractivity contribution in [3.8, 4) is 11.8 Å². The molecule has 0 atom stereocenters. The smallest absolute Gasteiger partial charge is 0.144 e. The molecule has 92 valence electrons. The standard InChI is InChI=1S/C13H11FN2OS/c1-9-13(18-8-16-9)5-6-17-12-4-2-3-11(14)10(12)7-15/h2-4,8H,5-6H2,1H3. The third kappa shape index (κ3) is 2.66. The third-order valence-corrected chi connectivity index (χ3v) is 3.51. The Bertz CT molecular complexity index is 589. The van der Waals surface area contributed by atoms with E-state index in [1.807, 2.05) is 13.0 Å². The molecule has 1 aromatic carbocycles. The highest BCUT2D eigenvalue weighted by Crippen LogP contribution is 2.21. The summed E-state index contributed by atoms with van der Waals surface area (Å²) in [6.07, 6.45) is 0.706. The van der Waals surface area contributed by atoms with Gasteiger partial charge in [0.15, 0.2) is 0 Å². The monoisotopic (exact) mass is 262 g/mol. The second kappa shape index (κ2) is 5.61. The number of aryl methyl sites for hydroxylation is 1. The van der Waals surface area contributed by atoms with E-state index in [9.17, 15) is 4.39 Å². The van der Waals surface area contributed by atoms with Crippen molar-refractivity contribution in [1.29, 1.82) is 5.26 Å². The second-order valence-electron chi connectivity index (χ2n) is 3.68. The fourth-order valence-corrected chi connectivity index (χ4v) is 2.32. The number of hydrogen-bond donors (Lipinski definition) is 0. The van der Waals surface area contributed by atoms with Crippen LogP contribution in [0.3, 0.4) is 0 Å². The number of benzene rings is 1. The minimum absolute atomic E-state index is 0.0430. The number of nitriles is 1. The van der Waals surface area contributed by atoms with Gasteiger partial charge in [-0.25, -0.2) is 9.37 Å². The molecule has 0 amide bonds. The van der Waals surface area contributed by atoms with Gasteiger partial charge in [-0.2, -0.15) is 5.26 Å². The van der Waals surface area contributed by atoms with Crippen molar-refractivity contribution in [3.05, 3.63) is 45.7 Å². The van der Waals surface area contributed by atoms with Gasteiger partial charge < -0.3 is 4.74 Å². The lowest BCUT2D eigenvalue weighted by Crippen LogP contribution is -2.03. The van der Waals surface area contributed by atoms with E-state index < -0.39 is 5.82 Å². The number of aromatic nitrogens is 1. The molecule has 18 heavy (non-hydrogen) atoms. The normalized spacial score (nSPS) is 10.1. The van der Waals surface area contributed by atoms with Gasteiger partial charge >= 0.3 is 0 Å². The Kier molecular flexibility index (Phi) is 3.90. The maximum atomic E-state index is 13.3. The Morgan fingerprint density at radius 2 is 2.33 bits per heavy atom. The molecule has 5 heteroatoms. The summed E-state index contributed by atoms with van der Waals surface area (Å²) >= 11 is 1.57. The number of halogens is 1. The first-order chi connectivity index (χ1) is 8.72. The van der Waals surface area contributed by atoms with Gasteiger partial charge in [-0.1, -0.05) is 6.07 Å². The van der Waals surface area contributed by atoms with E-state index >= 15 is 0 Å². The molecule has 1 heterocycles. The Morgan fingerprint density at radius 3 is 3.00 bits per heavy atom. The van der Waals surface area contributed by atoms with E-state index in [0.29, 0.717) is 18.8 Å². The van der Waals surface area contributed by atoms with Crippen molar-refractivity contribution in [1.82, 2.24) is 4.98 Å². The molecule has 0 aliphatic heterocycles. The summed E-state index contributed by atoms with van der Waals surface area (Å²) in [5.74, 6) is -0.261. The summed E-state index contributed by atoms with van der Waals surface area (Å²) in [4.78, 5) is 5.28. The molecule has 1 aromatic heterocycles. The van der Waals surface area contributed by atoms with Gasteiger partial charge in [0.05, 0.1) is 17.8 Å². The van der Waals surface area contributed by atoms with Crippen molar-refractivity contribution in [3.63, 3.8) is 0 Å². The maximum absolute atomic E-state index is 13.3. The number of thiazole rings is 1. The molecule has 2 aromatic rings. The Hall–Kier alpha value is -1.93. The second-order valence-corrected chi connectivity index (χ2v) is 4.62. The quantitative estimate of drug-likeness (QED) is 0.850. The minimum Gasteiger partial charge on any atom is -0.492 e. The van der Waals surface area contributed by atoms with Gasteiger partial charge in [-0.3, -0.25) is 0 Å². The molecular weight excluding hydrogens is 251 g/mol. The van der Waals surface area contributed by atoms with E-state index in [4.69, 9.17) is 10.00 Å². The maximum Gasteiger partial charge on any atom is 0.144 e. The number of nitrogens with zero attached hydrogens (tertiary/aromatic N) is 2. The molecular formula is C13H11FN2OS. The first-order valence-corrected chi connectivity index (χ1v) is 6.30. The lowest BCUT2D eigenvalue weighted by atomic mass is 10.2. The summed E-state index contributed by atoms with van der Waals surface area (Å²) in [5, 5.41) is 8.85. The van der Waals surface area contributed by atoms with Crippen LogP contribution in [0.2, 0.25) is 0 Å². The average Bonchev–Trinajstić information content (AvgIpc) is 2.75. The van der Waals surface area contributed by atoms with Crippen LogP contribution in [0.15, 0.2) is 23.7 Å². The van der Waals surface area contributed by atoms with Crippen LogP contribution in [-0.4, -0.2) is 11.6 Å². The Balaban J connectivity index is 2.01. The third-order valence-electron chi connectivity index (χ3n) is 2.52. The van der Waals surface area contributed by atoms with E-state index in [1.54, 1.807) is 22.9 Å². The molecule has 0 unspecified atom stereocenters. The zero-order chi connectivity index (χ0) is 13.0. The lowest BCUT2D eigenvalue weighted by molar-refractivity contribution is 0.320. The molecule has 3 nitrogen and oxygen atoms in total. The lowest BCUT2D eigenvalue weighted by Gasteiger charge is -2.07. The zero-order valence-corrected chi connectivity index (χ0v) is 10.6. The summed E-state index contributed by atoms with van der Waals surface area (Å²) < 4.78 is 18.8. The molecule has 0 fully saturated rings. The van der Waals surface area contributed by atoms with Gasteiger partial charge in [0.2, 0.25) is 0 Å². The topological polar surface area (TPSA) is 45.9 Å². The van der Waals surface area contributed by atoms with Crippen LogP contribution in [0, 0.1) is 24.1 Å². The van der Waals surface area contributed by atoms with Gasteiger partial charge in [0.1, 0.15) is 23.2 Å². The van der Waals surface area contributed by atoms with Crippen molar-refractivity contribution in [2.45, 2.75) is 13.3 Å². The fourth-order valence-electron chi connectivity index (χ4n) is 1.55. The summed E-state index contributed by atoms with van der Waals surface area (Å²) in [6, 6.07) is 6.19. The SMILES string of the molecule is Cc1ncsc1CCOc1cccc(F)c1C#N.